The number of nitriles is 1. The Labute approximate surface area is 120 Å². The summed E-state index contributed by atoms with van der Waals surface area (Å²) in [6.45, 7) is 5.10. The van der Waals surface area contributed by atoms with Crippen LogP contribution >= 0.6 is 0 Å². The molecule has 1 aliphatic heterocycles. The fourth-order valence-corrected chi connectivity index (χ4v) is 3.18. The highest BCUT2D eigenvalue weighted by Crippen LogP contribution is 2.33. The first-order valence-electron chi connectivity index (χ1n) is 7.61. The van der Waals surface area contributed by atoms with Crippen LogP contribution in [0.2, 0.25) is 0 Å². The van der Waals surface area contributed by atoms with E-state index in [1.54, 1.807) is 0 Å². The van der Waals surface area contributed by atoms with Crippen LogP contribution in [0.5, 0.6) is 0 Å². The van der Waals surface area contributed by atoms with Gasteiger partial charge in [-0.2, -0.15) is 10.4 Å². The molecule has 2 aliphatic rings. The van der Waals surface area contributed by atoms with E-state index in [-0.39, 0.29) is 0 Å². The van der Waals surface area contributed by atoms with Crippen LogP contribution in [0.4, 0.5) is 5.82 Å². The van der Waals surface area contributed by atoms with Crippen LogP contribution in [0.15, 0.2) is 0 Å². The lowest BCUT2D eigenvalue weighted by Gasteiger charge is -2.28. The van der Waals surface area contributed by atoms with Gasteiger partial charge >= 0.3 is 0 Å². The maximum absolute atomic E-state index is 9.43. The van der Waals surface area contributed by atoms with Crippen molar-refractivity contribution in [2.75, 3.05) is 24.5 Å². The Morgan fingerprint density at radius 2 is 2.20 bits per heavy atom. The van der Waals surface area contributed by atoms with Crippen molar-refractivity contribution in [2.24, 2.45) is 13.0 Å². The third-order valence-electron chi connectivity index (χ3n) is 4.38. The lowest BCUT2D eigenvalue weighted by Crippen LogP contribution is -2.40. The molecule has 5 heteroatoms. The quantitative estimate of drug-likeness (QED) is 0.884. The predicted molar refractivity (Wildman–Crippen MR) is 78.6 cm³/mol. The van der Waals surface area contributed by atoms with Gasteiger partial charge in [0.2, 0.25) is 0 Å². The Balaban J connectivity index is 1.85. The number of hydrogen-bond acceptors (Lipinski definition) is 4. The minimum atomic E-state index is 0.551. The highest BCUT2D eigenvalue weighted by Gasteiger charge is 2.30. The molecule has 1 atom stereocenters. The molecule has 1 unspecified atom stereocenters. The Morgan fingerprint density at radius 3 is 2.80 bits per heavy atom. The van der Waals surface area contributed by atoms with Crippen molar-refractivity contribution < 1.29 is 0 Å². The first-order valence-corrected chi connectivity index (χ1v) is 7.61. The van der Waals surface area contributed by atoms with Gasteiger partial charge in [-0.3, -0.25) is 4.68 Å². The monoisotopic (exact) mass is 273 g/mol. The molecule has 0 radical (unpaired) electrons. The van der Waals surface area contributed by atoms with Gasteiger partial charge < -0.3 is 10.2 Å². The maximum atomic E-state index is 9.43. The lowest BCUT2D eigenvalue weighted by molar-refractivity contribution is 0.557. The molecule has 1 aliphatic carbocycles. The molecule has 0 amide bonds. The van der Waals surface area contributed by atoms with E-state index in [1.165, 1.54) is 25.7 Å². The van der Waals surface area contributed by atoms with E-state index >= 15 is 0 Å². The molecule has 5 nitrogen and oxygen atoms in total. The Kier molecular flexibility index (Phi) is 3.66. The fourth-order valence-electron chi connectivity index (χ4n) is 3.18. The Hall–Kier alpha value is -1.54. The van der Waals surface area contributed by atoms with E-state index in [4.69, 9.17) is 0 Å². The second-order valence-electron chi connectivity index (χ2n) is 6.16. The van der Waals surface area contributed by atoms with Gasteiger partial charge in [-0.05, 0) is 45.1 Å². The van der Waals surface area contributed by atoms with Crippen LogP contribution in [0, 0.1) is 24.2 Å². The summed E-state index contributed by atoms with van der Waals surface area (Å²) in [4.78, 5) is 2.39. The zero-order valence-electron chi connectivity index (χ0n) is 12.4. The largest absolute Gasteiger partial charge is 0.354 e. The van der Waals surface area contributed by atoms with Gasteiger partial charge in [0.25, 0.3) is 0 Å². The molecule has 1 aromatic rings. The summed E-state index contributed by atoms with van der Waals surface area (Å²) >= 11 is 0. The number of aromatic nitrogens is 2. The summed E-state index contributed by atoms with van der Waals surface area (Å²) in [7, 11) is 1.95. The van der Waals surface area contributed by atoms with Crippen LogP contribution in [0.25, 0.3) is 0 Å². The third-order valence-corrected chi connectivity index (χ3v) is 4.38. The molecule has 0 bridgehead atoms. The van der Waals surface area contributed by atoms with Gasteiger partial charge in [0.1, 0.15) is 17.5 Å². The summed E-state index contributed by atoms with van der Waals surface area (Å²) < 4.78 is 1.88. The molecule has 3 rings (SSSR count). The summed E-state index contributed by atoms with van der Waals surface area (Å²) in [5, 5.41) is 17.4. The van der Waals surface area contributed by atoms with Crippen molar-refractivity contribution in [1.29, 1.82) is 5.26 Å². The molecular formula is C15H23N5. The number of hydrogen-bond donors (Lipinski definition) is 1. The molecule has 0 aromatic carbocycles. The van der Waals surface area contributed by atoms with Gasteiger partial charge in [-0.15, -0.1) is 0 Å². The van der Waals surface area contributed by atoms with E-state index in [1.807, 2.05) is 18.7 Å². The molecule has 2 fully saturated rings. The normalized spacial score (nSPS) is 21.9. The van der Waals surface area contributed by atoms with E-state index in [9.17, 15) is 5.26 Å². The van der Waals surface area contributed by atoms with Crippen molar-refractivity contribution in [2.45, 2.75) is 38.6 Å². The smallest absolute Gasteiger partial charge is 0.145 e. The van der Waals surface area contributed by atoms with E-state index in [2.05, 4.69) is 21.4 Å². The summed E-state index contributed by atoms with van der Waals surface area (Å²) in [5.41, 5.74) is 1.58. The van der Waals surface area contributed by atoms with Gasteiger partial charge in [-0.25, -0.2) is 0 Å². The van der Waals surface area contributed by atoms with E-state index in [0.717, 1.165) is 42.6 Å². The second-order valence-corrected chi connectivity index (χ2v) is 6.16. The predicted octanol–water partition coefficient (Wildman–Crippen LogP) is 1.57. The minimum Gasteiger partial charge on any atom is -0.354 e. The average molecular weight is 273 g/mol. The summed E-state index contributed by atoms with van der Waals surface area (Å²) in [6, 6.07) is 2.89. The number of nitrogens with one attached hydrogen (secondary N) is 1. The van der Waals surface area contributed by atoms with Crippen molar-refractivity contribution in [1.82, 2.24) is 15.1 Å². The number of nitrogens with zero attached hydrogens (tertiary/aromatic N) is 4. The van der Waals surface area contributed by atoms with Crippen molar-refractivity contribution in [3.8, 4) is 6.07 Å². The SMILES string of the molecule is Cc1nn(C)c(N(CC2CC2)CC2CCCN2)c1C#N. The standard InChI is InChI=1S/C15H23N5/c1-11-14(8-16)15(19(2)18-11)20(9-12-5-6-12)10-13-4-3-7-17-13/h12-13,17H,3-7,9-10H2,1-2H3. The maximum Gasteiger partial charge on any atom is 0.145 e. The van der Waals surface area contributed by atoms with Gasteiger partial charge in [0, 0.05) is 26.2 Å². The first-order chi connectivity index (χ1) is 9.69. The fraction of sp³-hybridized carbons (Fsp3) is 0.733. The summed E-state index contributed by atoms with van der Waals surface area (Å²) in [6.07, 6.45) is 5.15. The number of anilines is 1. The minimum absolute atomic E-state index is 0.551. The van der Waals surface area contributed by atoms with Crippen LogP contribution in [-0.4, -0.2) is 35.5 Å². The Morgan fingerprint density at radius 1 is 1.40 bits per heavy atom. The van der Waals surface area contributed by atoms with Crippen LogP contribution in [0.1, 0.15) is 36.9 Å². The second kappa shape index (κ2) is 5.45. The van der Waals surface area contributed by atoms with Gasteiger partial charge in [-0.1, -0.05) is 0 Å². The molecule has 2 heterocycles. The van der Waals surface area contributed by atoms with Gasteiger partial charge in [0.05, 0.1) is 5.69 Å². The average Bonchev–Trinajstić information content (AvgIpc) is 2.97. The molecule has 1 saturated carbocycles. The Bertz CT molecular complexity index is 517. The highest BCUT2D eigenvalue weighted by molar-refractivity contribution is 5.57. The third kappa shape index (κ3) is 2.66. The molecule has 1 N–H and O–H groups in total. The number of aryl methyl sites for hydroxylation is 2. The zero-order chi connectivity index (χ0) is 14.1. The zero-order valence-corrected chi connectivity index (χ0v) is 12.4. The number of rotatable bonds is 5. The first kappa shape index (κ1) is 13.4. The van der Waals surface area contributed by atoms with Crippen molar-refractivity contribution in [3.63, 3.8) is 0 Å². The molecule has 1 saturated heterocycles. The van der Waals surface area contributed by atoms with Crippen LogP contribution in [-0.2, 0) is 7.05 Å². The summed E-state index contributed by atoms with van der Waals surface area (Å²) in [5.74, 6) is 1.81. The molecule has 20 heavy (non-hydrogen) atoms. The molecule has 1 aromatic heterocycles. The van der Waals surface area contributed by atoms with E-state index in [0.29, 0.717) is 6.04 Å². The molecule has 108 valence electrons. The van der Waals surface area contributed by atoms with E-state index < -0.39 is 0 Å². The molecule has 0 spiro atoms. The highest BCUT2D eigenvalue weighted by atomic mass is 15.4. The van der Waals surface area contributed by atoms with Crippen LogP contribution < -0.4 is 10.2 Å². The topological polar surface area (TPSA) is 56.9 Å². The van der Waals surface area contributed by atoms with Crippen LogP contribution in [0.3, 0.4) is 0 Å². The molecular weight excluding hydrogens is 250 g/mol. The van der Waals surface area contributed by atoms with Gasteiger partial charge in [0.15, 0.2) is 0 Å². The van der Waals surface area contributed by atoms with Crippen molar-refractivity contribution >= 4 is 5.82 Å². The van der Waals surface area contributed by atoms with Crippen molar-refractivity contribution in [3.05, 3.63) is 11.3 Å². The lowest BCUT2D eigenvalue weighted by atomic mass is 10.2.